The Balaban J connectivity index is 1.32. The molecule has 3 aromatic heterocycles. The topological polar surface area (TPSA) is 107 Å². The first-order chi connectivity index (χ1) is 24.1. The molecule has 2 aliphatic rings. The molecule has 0 saturated carbocycles. The molecule has 2 unspecified atom stereocenters. The number of carbonyl (C=O) groups excluding carboxylic acids is 1. The summed E-state index contributed by atoms with van der Waals surface area (Å²) in [7, 11) is 0. The average Bonchev–Trinajstić information content (AvgIpc) is 3.74. The smallest absolute Gasteiger partial charge is 0.434 e. The van der Waals surface area contributed by atoms with Crippen LogP contribution in [0, 0.1) is 11.7 Å². The van der Waals surface area contributed by atoms with E-state index in [0.717, 1.165) is 53.3 Å². The van der Waals surface area contributed by atoms with Gasteiger partial charge in [-0.05, 0) is 36.1 Å². The van der Waals surface area contributed by atoms with Crippen molar-refractivity contribution in [1.29, 1.82) is 0 Å². The number of H-pyrrole nitrogens is 1. The van der Waals surface area contributed by atoms with Crippen LogP contribution < -0.4 is 4.90 Å². The van der Waals surface area contributed by atoms with Crippen LogP contribution >= 0.6 is 0 Å². The molecule has 1 N–H and O–H groups in total. The van der Waals surface area contributed by atoms with Crippen LogP contribution in [-0.4, -0.2) is 56.8 Å². The minimum Gasteiger partial charge on any atom is -0.434 e. The zero-order valence-electron chi connectivity index (χ0n) is 27.8. The standard InChI is InChI=1S/C36H36F4N6O4/c1-4-21-7-6-8-22(5-2)32(21)46-33(26-16-45(12-10-28(26)44-46)34-42-14-24(15-43-34)36(38,39)40)30-25-9-11-41-31(25)23(13-27(30)37)18-48-19-29-20(3)17-49-35(47)50-29/h6-9,11,13-15,20,29,41H,4-5,10,12,16-19H2,1-3H3. The van der Waals surface area contributed by atoms with Crippen molar-refractivity contribution in [1.82, 2.24) is 24.7 Å². The van der Waals surface area contributed by atoms with Gasteiger partial charge in [0, 0.05) is 66.1 Å². The van der Waals surface area contributed by atoms with Crippen molar-refractivity contribution in [2.75, 3.05) is 24.7 Å². The Morgan fingerprint density at radius 2 is 1.82 bits per heavy atom. The maximum Gasteiger partial charge on any atom is 0.508 e. The van der Waals surface area contributed by atoms with E-state index in [4.69, 9.17) is 19.3 Å². The van der Waals surface area contributed by atoms with Gasteiger partial charge in [-0.3, -0.25) is 0 Å². The fourth-order valence-corrected chi connectivity index (χ4v) is 6.77. The Kier molecular flexibility index (Phi) is 8.97. The minimum atomic E-state index is -4.56. The Morgan fingerprint density at radius 1 is 1.08 bits per heavy atom. The highest BCUT2D eigenvalue weighted by molar-refractivity contribution is 5.97. The minimum absolute atomic E-state index is 0.0599. The van der Waals surface area contributed by atoms with Crippen molar-refractivity contribution < 1.29 is 36.6 Å². The number of fused-ring (bicyclic) bond motifs is 2. The van der Waals surface area contributed by atoms with Gasteiger partial charge in [-0.1, -0.05) is 39.0 Å². The number of hydrogen-bond donors (Lipinski definition) is 1. The molecule has 1 fully saturated rings. The molecule has 5 aromatic rings. The second-order valence-corrected chi connectivity index (χ2v) is 12.6. The van der Waals surface area contributed by atoms with E-state index in [-0.39, 0.29) is 38.2 Å². The molecule has 0 aliphatic carbocycles. The van der Waals surface area contributed by atoms with Gasteiger partial charge in [0.2, 0.25) is 5.95 Å². The molecular weight excluding hydrogens is 656 g/mol. The molecule has 50 heavy (non-hydrogen) atoms. The van der Waals surface area contributed by atoms with Crippen LogP contribution in [0.15, 0.2) is 48.9 Å². The van der Waals surface area contributed by atoms with Gasteiger partial charge in [0.15, 0.2) is 0 Å². The van der Waals surface area contributed by atoms with Crippen LogP contribution in [0.2, 0.25) is 0 Å². The summed E-state index contributed by atoms with van der Waals surface area (Å²) in [5.41, 5.74) is 5.73. The van der Waals surface area contributed by atoms with Crippen molar-refractivity contribution in [2.24, 2.45) is 5.92 Å². The molecule has 262 valence electrons. The molecule has 7 rings (SSSR count). The molecule has 0 spiro atoms. The Bertz CT molecular complexity index is 2020. The number of halogens is 4. The lowest BCUT2D eigenvalue weighted by Crippen LogP contribution is -2.38. The van der Waals surface area contributed by atoms with Gasteiger partial charge < -0.3 is 24.1 Å². The number of cyclic esters (lactones) is 2. The van der Waals surface area contributed by atoms with Gasteiger partial charge in [0.05, 0.1) is 41.4 Å². The Hall–Kier alpha value is -4.98. The van der Waals surface area contributed by atoms with Gasteiger partial charge >= 0.3 is 12.3 Å². The molecule has 2 aliphatic heterocycles. The summed E-state index contributed by atoms with van der Waals surface area (Å²) >= 11 is 0. The Morgan fingerprint density at radius 3 is 2.52 bits per heavy atom. The molecule has 2 aromatic carbocycles. The van der Waals surface area contributed by atoms with E-state index in [1.54, 1.807) is 11.1 Å². The lowest BCUT2D eigenvalue weighted by molar-refractivity contribution is -0.138. The largest absolute Gasteiger partial charge is 0.508 e. The normalized spacial score (nSPS) is 17.9. The Labute approximate surface area is 285 Å². The summed E-state index contributed by atoms with van der Waals surface area (Å²) in [4.78, 5) is 24.8. The van der Waals surface area contributed by atoms with Crippen molar-refractivity contribution >= 4 is 23.0 Å². The highest BCUT2D eigenvalue weighted by Gasteiger charge is 2.34. The molecule has 10 nitrogen and oxygen atoms in total. The van der Waals surface area contributed by atoms with Gasteiger partial charge in [-0.25, -0.2) is 23.8 Å². The first kappa shape index (κ1) is 33.5. The second-order valence-electron chi connectivity index (χ2n) is 12.6. The van der Waals surface area contributed by atoms with E-state index >= 15 is 4.39 Å². The summed E-state index contributed by atoms with van der Waals surface area (Å²) in [6.07, 6.45) is -0.579. The third kappa shape index (κ3) is 6.16. The number of rotatable bonds is 9. The number of hydrogen-bond acceptors (Lipinski definition) is 8. The van der Waals surface area contributed by atoms with Crippen LogP contribution in [0.4, 0.5) is 28.3 Å². The van der Waals surface area contributed by atoms with E-state index in [1.807, 2.05) is 35.9 Å². The van der Waals surface area contributed by atoms with E-state index in [1.165, 1.54) is 6.07 Å². The third-order valence-electron chi connectivity index (χ3n) is 9.46. The first-order valence-electron chi connectivity index (χ1n) is 16.6. The molecule has 0 bridgehead atoms. The number of aryl methyl sites for hydroxylation is 2. The van der Waals surface area contributed by atoms with E-state index < -0.39 is 29.8 Å². The molecule has 14 heteroatoms. The summed E-state index contributed by atoms with van der Waals surface area (Å²) < 4.78 is 74.6. The van der Waals surface area contributed by atoms with Crippen molar-refractivity contribution in [3.63, 3.8) is 0 Å². The van der Waals surface area contributed by atoms with Crippen LogP contribution in [0.3, 0.4) is 0 Å². The number of ether oxygens (including phenoxy) is 3. The van der Waals surface area contributed by atoms with Gasteiger partial charge in [0.1, 0.15) is 18.5 Å². The molecule has 2 atom stereocenters. The van der Waals surface area contributed by atoms with Gasteiger partial charge in [0.25, 0.3) is 0 Å². The zero-order valence-corrected chi connectivity index (χ0v) is 27.8. The lowest BCUT2D eigenvalue weighted by atomic mass is 9.95. The van der Waals surface area contributed by atoms with E-state index in [9.17, 15) is 18.0 Å². The summed E-state index contributed by atoms with van der Waals surface area (Å²) in [6.45, 7) is 7.07. The van der Waals surface area contributed by atoms with Crippen LogP contribution in [0.25, 0.3) is 27.8 Å². The van der Waals surface area contributed by atoms with Crippen LogP contribution in [0.1, 0.15) is 54.3 Å². The number of carbonyl (C=O) groups is 1. The van der Waals surface area contributed by atoms with E-state index in [0.29, 0.717) is 40.7 Å². The number of aromatic amines is 1. The predicted octanol–water partition coefficient (Wildman–Crippen LogP) is 7.34. The van der Waals surface area contributed by atoms with E-state index in [2.05, 4.69) is 28.8 Å². The van der Waals surface area contributed by atoms with Crippen LogP contribution in [-0.2, 0) is 52.8 Å². The maximum atomic E-state index is 16.8. The van der Waals surface area contributed by atoms with Crippen molar-refractivity contribution in [3.8, 4) is 16.9 Å². The number of nitrogens with zero attached hydrogens (tertiary/aromatic N) is 5. The highest BCUT2D eigenvalue weighted by atomic mass is 19.4. The zero-order chi connectivity index (χ0) is 35.2. The maximum absolute atomic E-state index is 16.8. The molecular formula is C36H36F4N6O4. The lowest BCUT2D eigenvalue weighted by Gasteiger charge is -2.28. The average molecular weight is 693 g/mol. The predicted molar refractivity (Wildman–Crippen MR) is 176 cm³/mol. The number of para-hydroxylation sites is 1. The highest BCUT2D eigenvalue weighted by Crippen LogP contribution is 2.41. The van der Waals surface area contributed by atoms with Crippen molar-refractivity contribution in [2.45, 2.75) is 65.5 Å². The second kappa shape index (κ2) is 13.4. The fourth-order valence-electron chi connectivity index (χ4n) is 6.77. The monoisotopic (exact) mass is 692 g/mol. The summed E-state index contributed by atoms with van der Waals surface area (Å²) in [6, 6.07) is 9.36. The van der Waals surface area contributed by atoms with Crippen molar-refractivity contribution in [3.05, 3.63) is 88.3 Å². The van der Waals surface area contributed by atoms with Gasteiger partial charge in [-0.15, -0.1) is 0 Å². The molecule has 0 radical (unpaired) electrons. The quantitative estimate of drug-likeness (QED) is 0.126. The number of alkyl halides is 3. The first-order valence-corrected chi connectivity index (χ1v) is 16.6. The third-order valence-corrected chi connectivity index (χ3v) is 9.46. The molecule has 0 amide bonds. The fraction of sp³-hybridized carbons (Fsp3) is 0.389. The molecule has 1 saturated heterocycles. The number of anilines is 1. The summed E-state index contributed by atoms with van der Waals surface area (Å²) in [5.74, 6) is -0.398. The van der Waals surface area contributed by atoms with Gasteiger partial charge in [-0.2, -0.15) is 18.3 Å². The number of aromatic nitrogens is 5. The van der Waals surface area contributed by atoms with Crippen LogP contribution in [0.5, 0.6) is 0 Å². The number of nitrogens with one attached hydrogen (secondary N) is 1. The number of benzene rings is 2. The SMILES string of the molecule is CCc1cccc(CC)c1-n1nc2c(c1-c1c(F)cc(COCC3OC(=O)OCC3C)c3[nH]ccc13)CN(c1ncc(C(F)(F)F)cn1)CC2. The molecule has 5 heterocycles. The summed E-state index contributed by atoms with van der Waals surface area (Å²) in [5, 5.41) is 5.72.